The van der Waals surface area contributed by atoms with E-state index in [2.05, 4.69) is 4.98 Å². The second kappa shape index (κ2) is 9.19. The van der Waals surface area contributed by atoms with Crippen LogP contribution in [0.25, 0.3) is 10.9 Å². The Labute approximate surface area is 193 Å². The average Bonchev–Trinajstić information content (AvgIpc) is 3.32. The van der Waals surface area contributed by atoms with E-state index >= 15 is 0 Å². The van der Waals surface area contributed by atoms with Crippen LogP contribution in [0, 0.1) is 12.3 Å². The summed E-state index contributed by atoms with van der Waals surface area (Å²) in [6.45, 7) is 6.44. The van der Waals surface area contributed by atoms with E-state index in [-0.39, 0.29) is 11.9 Å². The Morgan fingerprint density at radius 2 is 1.91 bits per heavy atom. The van der Waals surface area contributed by atoms with E-state index in [1.165, 1.54) is 0 Å². The summed E-state index contributed by atoms with van der Waals surface area (Å²) >= 11 is 0. The van der Waals surface area contributed by atoms with Crippen LogP contribution in [0.15, 0.2) is 54.6 Å². The molecular weight excluding hydrogens is 418 g/mol. The second-order valence-electron chi connectivity index (χ2n) is 9.07. The van der Waals surface area contributed by atoms with Crippen molar-refractivity contribution in [2.45, 2.75) is 46.3 Å². The number of nitrogens with one attached hydrogen (secondary N) is 1. The van der Waals surface area contributed by atoms with E-state index in [4.69, 9.17) is 9.94 Å². The zero-order valence-corrected chi connectivity index (χ0v) is 19.2. The van der Waals surface area contributed by atoms with Gasteiger partial charge in [0, 0.05) is 34.8 Å². The van der Waals surface area contributed by atoms with Crippen molar-refractivity contribution >= 4 is 22.7 Å². The highest BCUT2D eigenvalue weighted by Crippen LogP contribution is 2.34. The number of ether oxygens (including phenoxy) is 1. The molecule has 0 spiro atoms. The van der Waals surface area contributed by atoms with Crippen molar-refractivity contribution in [1.82, 2.24) is 15.4 Å². The molecule has 0 radical (unpaired) electrons. The minimum Gasteiger partial charge on any atom is -0.489 e. The number of para-hydroxylation sites is 1. The van der Waals surface area contributed by atoms with E-state index in [1.54, 1.807) is 48.5 Å². The van der Waals surface area contributed by atoms with Crippen molar-refractivity contribution in [3.63, 3.8) is 0 Å². The molecule has 3 aromatic rings. The number of hydrogen-bond acceptors (Lipinski definition) is 5. The third kappa shape index (κ3) is 4.54. The number of likely N-dealkylation sites (tertiary alicyclic amines) is 1. The topological polar surface area (TPSA) is 91.8 Å². The van der Waals surface area contributed by atoms with Gasteiger partial charge in [0.05, 0.1) is 10.9 Å². The van der Waals surface area contributed by atoms with Crippen molar-refractivity contribution in [1.29, 1.82) is 0 Å². The fraction of sp³-hybridized carbons (Fsp3) is 0.346. The summed E-state index contributed by atoms with van der Waals surface area (Å²) in [6.07, 6.45) is 1.53. The van der Waals surface area contributed by atoms with Crippen LogP contribution in [0.5, 0.6) is 5.75 Å². The lowest BCUT2D eigenvalue weighted by molar-refractivity contribution is -0.140. The number of nitrogens with zero attached hydrogens (tertiary/aromatic N) is 2. The lowest BCUT2D eigenvalue weighted by atomic mass is 9.82. The molecule has 1 aromatic heterocycles. The smallest absolute Gasteiger partial charge is 0.254 e. The summed E-state index contributed by atoms with van der Waals surface area (Å²) in [4.78, 5) is 31.6. The van der Waals surface area contributed by atoms with Gasteiger partial charge in [0.25, 0.3) is 11.8 Å². The summed E-state index contributed by atoms with van der Waals surface area (Å²) in [6, 6.07) is 16.8. The number of pyridine rings is 1. The molecule has 172 valence electrons. The van der Waals surface area contributed by atoms with Crippen LogP contribution in [-0.2, 0) is 11.4 Å². The van der Waals surface area contributed by atoms with Crippen molar-refractivity contribution in [2.24, 2.45) is 5.41 Å². The predicted molar refractivity (Wildman–Crippen MR) is 125 cm³/mol. The molecule has 2 heterocycles. The van der Waals surface area contributed by atoms with Crippen molar-refractivity contribution in [2.75, 3.05) is 6.54 Å². The van der Waals surface area contributed by atoms with Gasteiger partial charge in [0.15, 0.2) is 0 Å². The zero-order chi connectivity index (χ0) is 23.6. The third-order valence-corrected chi connectivity index (χ3v) is 6.46. The molecule has 7 nitrogen and oxygen atoms in total. The second-order valence-corrected chi connectivity index (χ2v) is 9.07. The van der Waals surface area contributed by atoms with Gasteiger partial charge in [-0.15, -0.1) is 0 Å². The monoisotopic (exact) mass is 447 g/mol. The number of amides is 2. The highest BCUT2D eigenvalue weighted by atomic mass is 16.5. The van der Waals surface area contributed by atoms with Gasteiger partial charge in [-0.1, -0.05) is 18.2 Å². The van der Waals surface area contributed by atoms with Gasteiger partial charge >= 0.3 is 0 Å². The standard InChI is InChI=1S/C26H29N3O4/c1-17-15-19(21-7-4-5-8-22(21)27-17)16-33-20-12-10-18(11-13-20)24(30)29-14-6-9-23(29)26(2,3)25(31)28-32/h4-5,7-8,10-13,15,23,32H,6,9,14,16H2,1-3H3,(H,28,31). The Morgan fingerprint density at radius 3 is 2.64 bits per heavy atom. The van der Waals surface area contributed by atoms with Crippen LogP contribution in [0.1, 0.15) is 48.3 Å². The first kappa shape index (κ1) is 22.7. The number of hydroxylamine groups is 1. The van der Waals surface area contributed by atoms with Gasteiger partial charge in [-0.2, -0.15) is 0 Å². The summed E-state index contributed by atoms with van der Waals surface area (Å²) in [5, 5.41) is 10.1. The molecule has 1 fully saturated rings. The average molecular weight is 448 g/mol. The van der Waals surface area contributed by atoms with Gasteiger partial charge < -0.3 is 9.64 Å². The van der Waals surface area contributed by atoms with Gasteiger partial charge in [-0.3, -0.25) is 19.8 Å². The lowest BCUT2D eigenvalue weighted by Gasteiger charge is -2.36. The molecule has 1 aliphatic rings. The summed E-state index contributed by atoms with van der Waals surface area (Å²) in [5.41, 5.74) is 4.32. The summed E-state index contributed by atoms with van der Waals surface area (Å²) in [5.74, 6) is 0.0523. The van der Waals surface area contributed by atoms with Crippen molar-refractivity contribution in [3.05, 3.63) is 71.4 Å². The minimum absolute atomic E-state index is 0.126. The largest absolute Gasteiger partial charge is 0.489 e. The maximum atomic E-state index is 13.2. The van der Waals surface area contributed by atoms with Crippen LogP contribution in [0.4, 0.5) is 0 Å². The molecule has 1 atom stereocenters. The number of rotatable bonds is 6. The number of aryl methyl sites for hydroxylation is 1. The molecule has 7 heteroatoms. The van der Waals surface area contributed by atoms with Crippen LogP contribution >= 0.6 is 0 Å². The number of aromatic nitrogens is 1. The maximum absolute atomic E-state index is 13.2. The quantitative estimate of drug-likeness (QED) is 0.435. The van der Waals surface area contributed by atoms with Crippen LogP contribution in [0.2, 0.25) is 0 Å². The van der Waals surface area contributed by atoms with Gasteiger partial charge in [0.1, 0.15) is 12.4 Å². The Kier molecular flexibility index (Phi) is 6.33. The summed E-state index contributed by atoms with van der Waals surface area (Å²) in [7, 11) is 0. The first-order chi connectivity index (χ1) is 15.8. The molecule has 1 unspecified atom stereocenters. The molecule has 2 N–H and O–H groups in total. The van der Waals surface area contributed by atoms with Crippen molar-refractivity contribution < 1.29 is 19.5 Å². The fourth-order valence-corrected chi connectivity index (χ4v) is 4.59. The van der Waals surface area contributed by atoms with Crippen LogP contribution < -0.4 is 10.2 Å². The fourth-order valence-electron chi connectivity index (χ4n) is 4.59. The number of benzene rings is 2. The van der Waals surface area contributed by atoms with Crippen molar-refractivity contribution in [3.8, 4) is 5.75 Å². The molecule has 33 heavy (non-hydrogen) atoms. The van der Waals surface area contributed by atoms with E-state index in [9.17, 15) is 9.59 Å². The Balaban J connectivity index is 1.46. The molecule has 4 rings (SSSR count). The Bertz CT molecular complexity index is 1170. The minimum atomic E-state index is -0.893. The molecule has 1 saturated heterocycles. The maximum Gasteiger partial charge on any atom is 0.254 e. The normalized spacial score (nSPS) is 16.1. The molecule has 1 aliphatic heterocycles. The molecular formula is C26H29N3O4. The Morgan fingerprint density at radius 1 is 1.18 bits per heavy atom. The highest BCUT2D eigenvalue weighted by molar-refractivity contribution is 5.95. The molecule has 0 bridgehead atoms. The first-order valence-corrected chi connectivity index (χ1v) is 11.1. The number of carbonyl (C=O) groups excluding carboxylic acids is 2. The zero-order valence-electron chi connectivity index (χ0n) is 19.2. The van der Waals surface area contributed by atoms with E-state index in [1.807, 2.05) is 37.3 Å². The third-order valence-electron chi connectivity index (χ3n) is 6.46. The Hall–Kier alpha value is -3.45. The van der Waals surface area contributed by atoms with Gasteiger partial charge in [0.2, 0.25) is 0 Å². The van der Waals surface area contributed by atoms with Crippen LogP contribution in [0.3, 0.4) is 0 Å². The number of hydrogen-bond donors (Lipinski definition) is 2. The number of carbonyl (C=O) groups is 2. The molecule has 2 aromatic carbocycles. The molecule has 0 aliphatic carbocycles. The molecule has 2 amide bonds. The van der Waals surface area contributed by atoms with E-state index in [0.717, 1.165) is 28.6 Å². The SMILES string of the molecule is Cc1cc(COc2ccc(C(=O)N3CCCC3C(C)(C)C(=O)NO)cc2)c2ccccc2n1. The highest BCUT2D eigenvalue weighted by Gasteiger charge is 2.44. The number of fused-ring (bicyclic) bond motifs is 1. The van der Waals surface area contributed by atoms with Gasteiger partial charge in [-0.05, 0) is 70.0 Å². The summed E-state index contributed by atoms with van der Waals surface area (Å²) < 4.78 is 6.00. The first-order valence-electron chi connectivity index (χ1n) is 11.1. The predicted octanol–water partition coefficient (Wildman–Crippen LogP) is 4.26. The lowest BCUT2D eigenvalue weighted by Crippen LogP contribution is -2.51. The van der Waals surface area contributed by atoms with Crippen LogP contribution in [-0.4, -0.2) is 39.5 Å². The van der Waals surface area contributed by atoms with E-state index in [0.29, 0.717) is 30.9 Å². The van der Waals surface area contributed by atoms with Gasteiger partial charge in [-0.25, -0.2) is 5.48 Å². The molecule has 0 saturated carbocycles. The van der Waals surface area contributed by atoms with E-state index < -0.39 is 11.3 Å².